The maximum atomic E-state index is 3.42. The van der Waals surface area contributed by atoms with Gasteiger partial charge in [0.25, 0.3) is 0 Å². The van der Waals surface area contributed by atoms with Gasteiger partial charge in [0, 0.05) is 4.90 Å². The van der Waals surface area contributed by atoms with Crippen LogP contribution in [0.1, 0.15) is 29.9 Å². The molecule has 82 valence electrons. The quantitative estimate of drug-likeness (QED) is 0.770. The molecule has 0 saturated carbocycles. The Hall–Kier alpha value is -0.470. The number of piperidine rings is 1. The van der Waals surface area contributed by atoms with Crippen LogP contribution >= 0.6 is 11.8 Å². The minimum Gasteiger partial charge on any atom is -0.317 e. The zero-order valence-corrected chi connectivity index (χ0v) is 10.4. The highest BCUT2D eigenvalue weighted by molar-refractivity contribution is 7.98. The van der Waals surface area contributed by atoms with Gasteiger partial charge in [-0.15, -0.1) is 11.8 Å². The predicted molar refractivity (Wildman–Crippen MR) is 67.8 cm³/mol. The third-order valence-electron chi connectivity index (χ3n) is 3.26. The molecule has 0 aliphatic carbocycles. The van der Waals surface area contributed by atoms with Crippen molar-refractivity contribution in [3.63, 3.8) is 0 Å². The molecule has 2 heteroatoms. The van der Waals surface area contributed by atoms with E-state index in [-0.39, 0.29) is 0 Å². The zero-order chi connectivity index (χ0) is 10.7. The van der Waals surface area contributed by atoms with Crippen LogP contribution in [0.3, 0.4) is 0 Å². The van der Waals surface area contributed by atoms with E-state index in [0.29, 0.717) is 0 Å². The Morgan fingerprint density at radius 1 is 1.27 bits per heavy atom. The third kappa shape index (κ3) is 2.56. The van der Waals surface area contributed by atoms with Crippen LogP contribution in [0, 0.1) is 6.92 Å². The SMILES string of the molecule is CSc1ccc(C2CCNCC2)c(C)c1. The molecule has 1 N–H and O–H groups in total. The fraction of sp³-hybridized carbons (Fsp3) is 0.538. The Kier molecular flexibility index (Phi) is 3.71. The summed E-state index contributed by atoms with van der Waals surface area (Å²) < 4.78 is 0. The van der Waals surface area contributed by atoms with Gasteiger partial charge in [-0.1, -0.05) is 6.07 Å². The van der Waals surface area contributed by atoms with Gasteiger partial charge in [-0.25, -0.2) is 0 Å². The van der Waals surface area contributed by atoms with Crippen LogP contribution in [0.4, 0.5) is 0 Å². The molecular weight excluding hydrogens is 202 g/mol. The van der Waals surface area contributed by atoms with Gasteiger partial charge in [-0.3, -0.25) is 0 Å². The molecule has 0 unspecified atom stereocenters. The number of benzene rings is 1. The monoisotopic (exact) mass is 221 g/mol. The number of hydrogen-bond acceptors (Lipinski definition) is 2. The van der Waals surface area contributed by atoms with Crippen LogP contribution in [-0.2, 0) is 0 Å². The molecule has 1 saturated heterocycles. The van der Waals surface area contributed by atoms with Gasteiger partial charge < -0.3 is 5.32 Å². The van der Waals surface area contributed by atoms with Crippen molar-refractivity contribution in [1.29, 1.82) is 0 Å². The van der Waals surface area contributed by atoms with Crippen LogP contribution in [0.5, 0.6) is 0 Å². The van der Waals surface area contributed by atoms with E-state index in [2.05, 4.69) is 36.7 Å². The summed E-state index contributed by atoms with van der Waals surface area (Å²) in [4.78, 5) is 1.38. The second-order valence-corrected chi connectivity index (χ2v) is 5.13. The largest absolute Gasteiger partial charge is 0.317 e. The fourth-order valence-corrected chi connectivity index (χ4v) is 2.86. The molecule has 1 aromatic rings. The molecule has 1 heterocycles. The number of aryl methyl sites for hydroxylation is 1. The van der Waals surface area contributed by atoms with E-state index in [1.165, 1.54) is 36.4 Å². The summed E-state index contributed by atoms with van der Waals surface area (Å²) in [7, 11) is 0. The van der Waals surface area contributed by atoms with Crippen LogP contribution in [0.2, 0.25) is 0 Å². The van der Waals surface area contributed by atoms with Crippen LogP contribution in [0.15, 0.2) is 23.1 Å². The Balaban J connectivity index is 2.19. The van der Waals surface area contributed by atoms with E-state index in [9.17, 15) is 0 Å². The van der Waals surface area contributed by atoms with Gasteiger partial charge >= 0.3 is 0 Å². The molecule has 0 amide bonds. The molecule has 1 nitrogen and oxygen atoms in total. The van der Waals surface area contributed by atoms with E-state index in [1.54, 1.807) is 5.56 Å². The highest BCUT2D eigenvalue weighted by Gasteiger charge is 2.16. The van der Waals surface area contributed by atoms with Crippen LogP contribution in [-0.4, -0.2) is 19.3 Å². The van der Waals surface area contributed by atoms with Crippen molar-refractivity contribution < 1.29 is 0 Å². The normalized spacial score (nSPS) is 18.0. The Morgan fingerprint density at radius 2 is 2.00 bits per heavy atom. The standard InChI is InChI=1S/C13H19NS/c1-10-9-12(15-2)3-4-13(10)11-5-7-14-8-6-11/h3-4,9,11,14H,5-8H2,1-2H3. The molecule has 0 aromatic heterocycles. The van der Waals surface area contributed by atoms with Crippen LogP contribution < -0.4 is 5.32 Å². The zero-order valence-electron chi connectivity index (χ0n) is 9.55. The molecule has 1 aliphatic rings. The molecule has 1 aromatic carbocycles. The summed E-state index contributed by atoms with van der Waals surface area (Å²) in [6.07, 6.45) is 4.72. The second kappa shape index (κ2) is 5.04. The summed E-state index contributed by atoms with van der Waals surface area (Å²) in [6.45, 7) is 4.60. The van der Waals surface area contributed by atoms with Gasteiger partial charge in [0.2, 0.25) is 0 Å². The smallest absolute Gasteiger partial charge is 0.00719 e. The van der Waals surface area contributed by atoms with Gasteiger partial charge in [0.15, 0.2) is 0 Å². The summed E-state index contributed by atoms with van der Waals surface area (Å²) in [5.74, 6) is 0.780. The number of rotatable bonds is 2. The highest BCUT2D eigenvalue weighted by atomic mass is 32.2. The molecule has 1 fully saturated rings. The maximum absolute atomic E-state index is 3.42. The predicted octanol–water partition coefficient (Wildman–Crippen LogP) is 3.18. The van der Waals surface area contributed by atoms with Crippen molar-refractivity contribution in [3.8, 4) is 0 Å². The first-order valence-electron chi connectivity index (χ1n) is 5.66. The van der Waals surface area contributed by atoms with Crippen molar-refractivity contribution >= 4 is 11.8 Å². The van der Waals surface area contributed by atoms with Gasteiger partial charge in [-0.2, -0.15) is 0 Å². The summed E-state index contributed by atoms with van der Waals surface area (Å²) in [5.41, 5.74) is 3.03. The third-order valence-corrected chi connectivity index (χ3v) is 3.98. The van der Waals surface area contributed by atoms with Crippen molar-refractivity contribution in [2.24, 2.45) is 0 Å². The van der Waals surface area contributed by atoms with Gasteiger partial charge in [-0.05, 0) is 68.3 Å². The van der Waals surface area contributed by atoms with Crippen molar-refractivity contribution in [3.05, 3.63) is 29.3 Å². The summed E-state index contributed by atoms with van der Waals surface area (Å²) >= 11 is 1.83. The molecule has 0 bridgehead atoms. The highest BCUT2D eigenvalue weighted by Crippen LogP contribution is 2.29. The van der Waals surface area contributed by atoms with E-state index < -0.39 is 0 Å². The maximum Gasteiger partial charge on any atom is 0.00719 e. The molecule has 1 aliphatic heterocycles. The fourth-order valence-electron chi connectivity index (χ4n) is 2.37. The first-order valence-corrected chi connectivity index (χ1v) is 6.89. The van der Waals surface area contributed by atoms with Crippen molar-refractivity contribution in [2.75, 3.05) is 19.3 Å². The number of nitrogens with one attached hydrogen (secondary N) is 1. The van der Waals surface area contributed by atoms with Crippen LogP contribution in [0.25, 0.3) is 0 Å². The van der Waals surface area contributed by atoms with E-state index in [1.807, 2.05) is 11.8 Å². The first kappa shape index (κ1) is 11.0. The molecule has 0 spiro atoms. The Morgan fingerprint density at radius 3 is 2.60 bits per heavy atom. The average Bonchev–Trinajstić information content (AvgIpc) is 2.30. The molecule has 2 rings (SSSR count). The lowest BCUT2D eigenvalue weighted by Crippen LogP contribution is -2.26. The van der Waals surface area contributed by atoms with Crippen molar-refractivity contribution in [1.82, 2.24) is 5.32 Å². The van der Waals surface area contributed by atoms with Gasteiger partial charge in [0.05, 0.1) is 0 Å². The van der Waals surface area contributed by atoms with Crippen molar-refractivity contribution in [2.45, 2.75) is 30.6 Å². The molecule has 0 atom stereocenters. The van der Waals surface area contributed by atoms with E-state index in [4.69, 9.17) is 0 Å². The Bertz CT molecular complexity index is 329. The minimum absolute atomic E-state index is 0.780. The topological polar surface area (TPSA) is 12.0 Å². The molecule has 0 radical (unpaired) electrons. The lowest BCUT2D eigenvalue weighted by molar-refractivity contribution is 0.459. The lowest BCUT2D eigenvalue weighted by Gasteiger charge is -2.24. The Labute approximate surface area is 96.7 Å². The summed E-state index contributed by atoms with van der Waals surface area (Å²) in [6, 6.07) is 6.91. The first-order chi connectivity index (χ1) is 7.31. The molecule has 15 heavy (non-hydrogen) atoms. The molecular formula is C13H19NS. The lowest BCUT2D eigenvalue weighted by atomic mass is 9.87. The minimum atomic E-state index is 0.780. The van der Waals surface area contributed by atoms with E-state index in [0.717, 1.165) is 5.92 Å². The average molecular weight is 221 g/mol. The number of hydrogen-bond donors (Lipinski definition) is 1. The number of thioether (sulfide) groups is 1. The van der Waals surface area contributed by atoms with Gasteiger partial charge in [0.1, 0.15) is 0 Å². The van der Waals surface area contributed by atoms with E-state index >= 15 is 0 Å². The second-order valence-electron chi connectivity index (χ2n) is 4.25. The summed E-state index contributed by atoms with van der Waals surface area (Å²) in [5, 5.41) is 3.42.